The van der Waals surface area contributed by atoms with Gasteiger partial charge in [-0.2, -0.15) is 0 Å². The van der Waals surface area contributed by atoms with Crippen LogP contribution in [0.2, 0.25) is 0 Å². The number of rotatable bonds is 3. The van der Waals surface area contributed by atoms with Crippen LogP contribution in [-0.2, 0) is 11.3 Å². The second-order valence-electron chi connectivity index (χ2n) is 2.25. The fraction of sp³-hybridized carbons (Fsp3) is 0.222. The highest BCUT2D eigenvalue weighted by atomic mass is 79.9. The summed E-state index contributed by atoms with van der Waals surface area (Å²) >= 11 is 6.89. The predicted octanol–water partition coefficient (Wildman–Crippen LogP) is 3.56. The smallest absolute Gasteiger partial charge is 0.0738 e. The Kier molecular flexibility index (Phi) is 4.26. The van der Waals surface area contributed by atoms with Crippen LogP contribution in [0.25, 0.3) is 0 Å². The summed E-state index contributed by atoms with van der Waals surface area (Å²) in [6.07, 6.45) is 0. The molecule has 65 valence electrons. The van der Waals surface area contributed by atoms with Crippen LogP contribution in [0.5, 0.6) is 0 Å². The second kappa shape index (κ2) is 5.00. The quantitative estimate of drug-likeness (QED) is 0.828. The first-order chi connectivity index (χ1) is 5.75. The summed E-state index contributed by atoms with van der Waals surface area (Å²) in [5.41, 5.74) is 1.13. The van der Waals surface area contributed by atoms with E-state index in [4.69, 9.17) is 4.74 Å². The van der Waals surface area contributed by atoms with Crippen molar-refractivity contribution in [3.05, 3.63) is 39.6 Å². The highest BCUT2D eigenvalue weighted by Crippen LogP contribution is 2.25. The molecule has 0 saturated carbocycles. The lowest BCUT2D eigenvalue weighted by Crippen LogP contribution is -1.94. The molecule has 1 nitrogen and oxygen atoms in total. The van der Waals surface area contributed by atoms with Crippen molar-refractivity contribution in [2.45, 2.75) is 6.61 Å². The predicted molar refractivity (Wildman–Crippen MR) is 56.9 cm³/mol. The van der Waals surface area contributed by atoms with Crippen molar-refractivity contribution in [2.75, 3.05) is 6.61 Å². The molecule has 1 aromatic carbocycles. The maximum atomic E-state index is 5.21. The van der Waals surface area contributed by atoms with Crippen LogP contribution >= 0.6 is 31.9 Å². The first kappa shape index (κ1) is 10.2. The van der Waals surface area contributed by atoms with Crippen LogP contribution < -0.4 is 0 Å². The topological polar surface area (TPSA) is 9.23 Å². The van der Waals surface area contributed by atoms with Gasteiger partial charge in [-0.3, -0.25) is 0 Å². The zero-order chi connectivity index (χ0) is 8.97. The van der Waals surface area contributed by atoms with Crippen LogP contribution in [0.1, 0.15) is 5.56 Å². The minimum Gasteiger partial charge on any atom is -0.377 e. The van der Waals surface area contributed by atoms with E-state index in [1.54, 1.807) is 0 Å². The standard InChI is InChI=1S/C9H9Br2O/c1-2-12-6-7-8(10)4-3-5-9(7)11/h3-5H,1-2,6H2. The SMILES string of the molecule is [CH2]COCc1c(Br)cccc1Br. The minimum absolute atomic E-state index is 0.494. The van der Waals surface area contributed by atoms with Crippen molar-refractivity contribution in [2.24, 2.45) is 0 Å². The molecule has 0 aliphatic rings. The molecule has 12 heavy (non-hydrogen) atoms. The molecule has 0 aliphatic heterocycles. The summed E-state index contributed by atoms with van der Waals surface area (Å²) in [7, 11) is 0. The Balaban J connectivity index is 2.81. The van der Waals surface area contributed by atoms with E-state index in [1.165, 1.54) is 0 Å². The van der Waals surface area contributed by atoms with Crippen LogP contribution in [0.3, 0.4) is 0 Å². The third-order valence-electron chi connectivity index (χ3n) is 1.45. The highest BCUT2D eigenvalue weighted by Gasteiger charge is 2.02. The van der Waals surface area contributed by atoms with E-state index in [1.807, 2.05) is 18.2 Å². The van der Waals surface area contributed by atoms with Gasteiger partial charge in [-0.25, -0.2) is 0 Å². The van der Waals surface area contributed by atoms with Gasteiger partial charge in [0.15, 0.2) is 0 Å². The molecule has 0 bridgehead atoms. The molecule has 1 radical (unpaired) electrons. The summed E-state index contributed by atoms with van der Waals surface area (Å²) in [5.74, 6) is 0. The Morgan fingerprint density at radius 3 is 2.33 bits per heavy atom. The van der Waals surface area contributed by atoms with Gasteiger partial charge in [-0.15, -0.1) is 0 Å². The Hall–Kier alpha value is 0.140. The zero-order valence-electron chi connectivity index (χ0n) is 6.52. The summed E-state index contributed by atoms with van der Waals surface area (Å²) in [6.45, 7) is 4.69. The molecule has 0 N–H and O–H groups in total. The first-order valence-electron chi connectivity index (χ1n) is 3.55. The van der Waals surface area contributed by atoms with Crippen LogP contribution in [0.15, 0.2) is 27.1 Å². The van der Waals surface area contributed by atoms with Gasteiger partial charge < -0.3 is 4.74 Å². The number of benzene rings is 1. The van der Waals surface area contributed by atoms with E-state index in [-0.39, 0.29) is 0 Å². The lowest BCUT2D eigenvalue weighted by Gasteiger charge is -2.06. The Morgan fingerprint density at radius 1 is 1.25 bits per heavy atom. The van der Waals surface area contributed by atoms with Crippen molar-refractivity contribution in [3.8, 4) is 0 Å². The normalized spacial score (nSPS) is 10.2. The molecule has 0 spiro atoms. The van der Waals surface area contributed by atoms with Gasteiger partial charge in [0, 0.05) is 21.1 Å². The first-order valence-corrected chi connectivity index (χ1v) is 5.14. The van der Waals surface area contributed by atoms with Gasteiger partial charge in [-0.1, -0.05) is 37.9 Å². The fourth-order valence-corrected chi connectivity index (χ4v) is 2.07. The number of hydrogen-bond donors (Lipinski definition) is 0. The number of halogens is 2. The van der Waals surface area contributed by atoms with Gasteiger partial charge in [0.2, 0.25) is 0 Å². The summed E-state index contributed by atoms with van der Waals surface area (Å²) in [4.78, 5) is 0. The van der Waals surface area contributed by atoms with Gasteiger partial charge in [0.05, 0.1) is 6.61 Å². The lowest BCUT2D eigenvalue weighted by atomic mass is 10.2. The highest BCUT2D eigenvalue weighted by molar-refractivity contribution is 9.11. The van der Waals surface area contributed by atoms with Crippen LogP contribution in [-0.4, -0.2) is 6.61 Å². The van der Waals surface area contributed by atoms with Gasteiger partial charge in [-0.05, 0) is 19.1 Å². The van der Waals surface area contributed by atoms with Crippen molar-refractivity contribution < 1.29 is 4.74 Å². The van der Waals surface area contributed by atoms with Crippen LogP contribution in [0.4, 0.5) is 0 Å². The lowest BCUT2D eigenvalue weighted by molar-refractivity contribution is 0.146. The molecule has 0 heterocycles. The monoisotopic (exact) mass is 291 g/mol. The van der Waals surface area contributed by atoms with Crippen molar-refractivity contribution in [1.82, 2.24) is 0 Å². The van der Waals surface area contributed by atoms with E-state index in [2.05, 4.69) is 38.8 Å². The molecule has 1 aromatic rings. The molecular weight excluding hydrogens is 284 g/mol. The summed E-state index contributed by atoms with van der Waals surface area (Å²) in [5, 5.41) is 0. The summed E-state index contributed by atoms with van der Waals surface area (Å²) in [6, 6.07) is 5.96. The minimum atomic E-state index is 0.494. The summed E-state index contributed by atoms with van der Waals surface area (Å²) < 4.78 is 7.33. The van der Waals surface area contributed by atoms with Gasteiger partial charge in [0.25, 0.3) is 0 Å². The molecule has 3 heteroatoms. The molecular formula is C9H9Br2O. The molecule has 0 saturated heterocycles. The van der Waals surface area contributed by atoms with E-state index in [9.17, 15) is 0 Å². The van der Waals surface area contributed by atoms with Crippen LogP contribution in [0, 0.1) is 6.92 Å². The average Bonchev–Trinajstić information content (AvgIpc) is 2.04. The van der Waals surface area contributed by atoms with E-state index < -0.39 is 0 Å². The third-order valence-corrected chi connectivity index (χ3v) is 2.94. The molecule has 0 aromatic heterocycles. The molecule has 0 atom stereocenters. The van der Waals surface area contributed by atoms with Crippen molar-refractivity contribution in [1.29, 1.82) is 0 Å². The van der Waals surface area contributed by atoms with E-state index in [0.717, 1.165) is 14.5 Å². The third kappa shape index (κ3) is 2.57. The van der Waals surface area contributed by atoms with Crippen molar-refractivity contribution >= 4 is 31.9 Å². The number of hydrogen-bond acceptors (Lipinski definition) is 1. The molecule has 1 rings (SSSR count). The zero-order valence-corrected chi connectivity index (χ0v) is 9.69. The Morgan fingerprint density at radius 2 is 1.83 bits per heavy atom. The fourth-order valence-electron chi connectivity index (χ4n) is 0.844. The Labute approximate surface area is 89.4 Å². The van der Waals surface area contributed by atoms with Crippen molar-refractivity contribution in [3.63, 3.8) is 0 Å². The van der Waals surface area contributed by atoms with E-state index >= 15 is 0 Å². The molecule has 0 aliphatic carbocycles. The second-order valence-corrected chi connectivity index (χ2v) is 3.96. The molecule has 0 unspecified atom stereocenters. The average molecular weight is 293 g/mol. The van der Waals surface area contributed by atoms with Gasteiger partial charge >= 0.3 is 0 Å². The van der Waals surface area contributed by atoms with E-state index in [0.29, 0.717) is 13.2 Å². The Bertz CT molecular complexity index is 240. The molecule has 0 fully saturated rings. The largest absolute Gasteiger partial charge is 0.377 e. The maximum absolute atomic E-state index is 5.21. The number of ether oxygens (including phenoxy) is 1. The maximum Gasteiger partial charge on any atom is 0.0738 e. The van der Waals surface area contributed by atoms with Gasteiger partial charge in [0.1, 0.15) is 0 Å². The molecule has 0 amide bonds.